The summed E-state index contributed by atoms with van der Waals surface area (Å²) in [6.07, 6.45) is 0.734. The maximum atomic E-state index is 13.5. The van der Waals surface area contributed by atoms with Crippen molar-refractivity contribution in [3.05, 3.63) is 59.1 Å². The van der Waals surface area contributed by atoms with Gasteiger partial charge < -0.3 is 10.2 Å². The fourth-order valence-electron chi connectivity index (χ4n) is 1.67. The van der Waals surface area contributed by atoms with Gasteiger partial charge >= 0.3 is 0 Å². The quantitative estimate of drug-likeness (QED) is 0.890. The third kappa shape index (κ3) is 2.22. The molecule has 1 aromatic carbocycles. The lowest BCUT2D eigenvalue weighted by Crippen LogP contribution is -2.13. The largest absolute Gasteiger partial charge is 0.464 e. The van der Waals surface area contributed by atoms with Gasteiger partial charge in [-0.2, -0.15) is 0 Å². The summed E-state index contributed by atoms with van der Waals surface area (Å²) in [6, 6.07) is 6.63. The van der Waals surface area contributed by atoms with Crippen molar-refractivity contribution in [1.29, 1.82) is 0 Å². The SMILES string of the molecule is CCc1ccc(C(N)c2cccc(F)c2F)o1. The van der Waals surface area contributed by atoms with E-state index < -0.39 is 17.7 Å². The highest BCUT2D eigenvalue weighted by Crippen LogP contribution is 2.25. The lowest BCUT2D eigenvalue weighted by Gasteiger charge is -2.10. The zero-order chi connectivity index (χ0) is 12.4. The van der Waals surface area contributed by atoms with Crippen molar-refractivity contribution in [2.45, 2.75) is 19.4 Å². The molecule has 2 nitrogen and oxygen atoms in total. The first-order valence-electron chi connectivity index (χ1n) is 5.41. The Hall–Kier alpha value is -1.68. The molecule has 0 fully saturated rings. The molecule has 0 amide bonds. The van der Waals surface area contributed by atoms with E-state index in [4.69, 9.17) is 10.2 Å². The van der Waals surface area contributed by atoms with Crippen LogP contribution in [0.25, 0.3) is 0 Å². The van der Waals surface area contributed by atoms with E-state index >= 15 is 0 Å². The van der Waals surface area contributed by atoms with Crippen LogP contribution < -0.4 is 5.73 Å². The molecule has 2 N–H and O–H groups in total. The molecule has 0 aliphatic heterocycles. The van der Waals surface area contributed by atoms with Gasteiger partial charge in [-0.25, -0.2) is 8.78 Å². The van der Waals surface area contributed by atoms with E-state index in [0.29, 0.717) is 5.76 Å². The maximum absolute atomic E-state index is 13.5. The fourth-order valence-corrected chi connectivity index (χ4v) is 1.67. The molecule has 2 rings (SSSR count). The monoisotopic (exact) mass is 237 g/mol. The maximum Gasteiger partial charge on any atom is 0.164 e. The molecule has 1 aromatic heterocycles. The summed E-state index contributed by atoms with van der Waals surface area (Å²) >= 11 is 0. The van der Waals surface area contributed by atoms with E-state index in [1.165, 1.54) is 12.1 Å². The summed E-state index contributed by atoms with van der Waals surface area (Å²) in [6.45, 7) is 1.94. The molecular formula is C13H13F2NO. The minimum Gasteiger partial charge on any atom is -0.464 e. The summed E-state index contributed by atoms with van der Waals surface area (Å²) in [5.74, 6) is -0.617. The summed E-state index contributed by atoms with van der Waals surface area (Å²) in [5, 5.41) is 0. The van der Waals surface area contributed by atoms with Gasteiger partial charge in [-0.1, -0.05) is 19.1 Å². The van der Waals surface area contributed by atoms with E-state index in [0.717, 1.165) is 18.2 Å². The van der Waals surface area contributed by atoms with Crippen LogP contribution in [-0.2, 0) is 6.42 Å². The van der Waals surface area contributed by atoms with E-state index in [1.54, 1.807) is 12.1 Å². The average molecular weight is 237 g/mol. The standard InChI is InChI=1S/C13H13F2NO/c1-2-8-6-7-11(17-8)13(16)9-4-3-5-10(14)12(9)15/h3-7,13H,2,16H2,1H3. The zero-order valence-electron chi connectivity index (χ0n) is 9.41. The Morgan fingerprint density at radius 3 is 2.65 bits per heavy atom. The number of nitrogens with two attached hydrogens (primary N) is 1. The second-order valence-electron chi connectivity index (χ2n) is 3.78. The Morgan fingerprint density at radius 1 is 1.24 bits per heavy atom. The van der Waals surface area contributed by atoms with Crippen molar-refractivity contribution >= 4 is 0 Å². The van der Waals surface area contributed by atoms with E-state index in [1.807, 2.05) is 6.92 Å². The molecule has 0 bridgehead atoms. The molecule has 1 atom stereocenters. The molecule has 1 heterocycles. The third-order valence-corrected chi connectivity index (χ3v) is 2.65. The Bertz CT molecular complexity index is 522. The van der Waals surface area contributed by atoms with Crippen molar-refractivity contribution < 1.29 is 13.2 Å². The summed E-state index contributed by atoms with van der Waals surface area (Å²) in [4.78, 5) is 0. The fraction of sp³-hybridized carbons (Fsp3) is 0.231. The van der Waals surface area contributed by atoms with Crippen LogP contribution in [0.2, 0.25) is 0 Å². The molecule has 0 spiro atoms. The van der Waals surface area contributed by atoms with E-state index in [9.17, 15) is 8.78 Å². The van der Waals surface area contributed by atoms with Crippen LogP contribution in [0.3, 0.4) is 0 Å². The van der Waals surface area contributed by atoms with Crippen LogP contribution in [0.5, 0.6) is 0 Å². The average Bonchev–Trinajstić information content (AvgIpc) is 2.80. The molecule has 0 saturated heterocycles. The van der Waals surface area contributed by atoms with Crippen molar-refractivity contribution in [3.8, 4) is 0 Å². The zero-order valence-corrected chi connectivity index (χ0v) is 9.41. The number of furan rings is 1. The Kier molecular flexibility index (Phi) is 3.24. The lowest BCUT2D eigenvalue weighted by atomic mass is 10.0. The smallest absolute Gasteiger partial charge is 0.164 e. The molecular weight excluding hydrogens is 224 g/mol. The van der Waals surface area contributed by atoms with Crippen LogP contribution in [0.15, 0.2) is 34.7 Å². The van der Waals surface area contributed by atoms with Gasteiger partial charge in [0.1, 0.15) is 11.5 Å². The Balaban J connectivity index is 2.36. The predicted octanol–water partition coefficient (Wildman–Crippen LogP) is 3.17. The van der Waals surface area contributed by atoms with Gasteiger partial charge in [-0.3, -0.25) is 0 Å². The number of hydrogen-bond donors (Lipinski definition) is 1. The molecule has 2 aromatic rings. The van der Waals surface area contributed by atoms with Gasteiger partial charge in [0.2, 0.25) is 0 Å². The van der Waals surface area contributed by atoms with Crippen molar-refractivity contribution in [2.24, 2.45) is 5.73 Å². The second-order valence-corrected chi connectivity index (χ2v) is 3.78. The molecule has 4 heteroatoms. The minimum absolute atomic E-state index is 0.0991. The summed E-state index contributed by atoms with van der Waals surface area (Å²) in [5.41, 5.74) is 5.95. The predicted molar refractivity (Wildman–Crippen MR) is 60.5 cm³/mol. The van der Waals surface area contributed by atoms with Gasteiger partial charge in [0.05, 0.1) is 6.04 Å². The van der Waals surface area contributed by atoms with Gasteiger partial charge in [0.25, 0.3) is 0 Å². The van der Waals surface area contributed by atoms with Crippen molar-refractivity contribution in [1.82, 2.24) is 0 Å². The Morgan fingerprint density at radius 2 is 2.00 bits per heavy atom. The highest BCUT2D eigenvalue weighted by molar-refractivity contribution is 5.28. The number of rotatable bonds is 3. The van der Waals surface area contributed by atoms with Gasteiger partial charge in [-0.05, 0) is 18.2 Å². The van der Waals surface area contributed by atoms with Crippen LogP contribution in [-0.4, -0.2) is 0 Å². The number of aryl methyl sites for hydroxylation is 1. The number of hydrogen-bond acceptors (Lipinski definition) is 2. The van der Waals surface area contributed by atoms with Crippen molar-refractivity contribution in [2.75, 3.05) is 0 Å². The third-order valence-electron chi connectivity index (χ3n) is 2.65. The van der Waals surface area contributed by atoms with Crippen LogP contribution >= 0.6 is 0 Å². The second kappa shape index (κ2) is 4.67. The first kappa shape index (κ1) is 11.8. The normalized spacial score (nSPS) is 12.7. The molecule has 90 valence electrons. The molecule has 0 radical (unpaired) electrons. The van der Waals surface area contributed by atoms with Crippen molar-refractivity contribution in [3.63, 3.8) is 0 Å². The minimum atomic E-state index is -0.922. The van der Waals surface area contributed by atoms with Crippen LogP contribution in [0.1, 0.15) is 30.0 Å². The lowest BCUT2D eigenvalue weighted by molar-refractivity contribution is 0.440. The number of benzene rings is 1. The topological polar surface area (TPSA) is 39.2 Å². The van der Waals surface area contributed by atoms with Gasteiger partial charge in [0.15, 0.2) is 11.6 Å². The molecule has 0 aliphatic carbocycles. The van der Waals surface area contributed by atoms with Gasteiger partial charge in [0, 0.05) is 12.0 Å². The molecule has 1 unspecified atom stereocenters. The first-order chi connectivity index (χ1) is 8.13. The highest BCUT2D eigenvalue weighted by atomic mass is 19.2. The molecule has 17 heavy (non-hydrogen) atoms. The van der Waals surface area contributed by atoms with Crippen LogP contribution in [0, 0.1) is 11.6 Å². The number of halogens is 2. The van der Waals surface area contributed by atoms with E-state index in [2.05, 4.69) is 0 Å². The van der Waals surface area contributed by atoms with E-state index in [-0.39, 0.29) is 5.56 Å². The molecule has 0 aliphatic rings. The molecule has 0 saturated carbocycles. The van der Waals surface area contributed by atoms with Crippen LogP contribution in [0.4, 0.5) is 8.78 Å². The van der Waals surface area contributed by atoms with Gasteiger partial charge in [-0.15, -0.1) is 0 Å². The Labute approximate surface area is 98.0 Å². The summed E-state index contributed by atoms with van der Waals surface area (Å²) in [7, 11) is 0. The summed E-state index contributed by atoms with van der Waals surface area (Å²) < 4.78 is 32.0. The first-order valence-corrected chi connectivity index (χ1v) is 5.41. The highest BCUT2D eigenvalue weighted by Gasteiger charge is 2.18.